The van der Waals surface area contributed by atoms with Gasteiger partial charge in [0.15, 0.2) is 0 Å². The number of nitro groups is 1. The van der Waals surface area contributed by atoms with Crippen molar-refractivity contribution in [1.29, 1.82) is 0 Å². The molecule has 0 aliphatic carbocycles. The van der Waals surface area contributed by atoms with Crippen LogP contribution in [0.25, 0.3) is 0 Å². The molecule has 0 N–H and O–H groups in total. The van der Waals surface area contributed by atoms with Gasteiger partial charge < -0.3 is 15.0 Å². The minimum atomic E-state index is -0.586. The molecule has 12 heavy (non-hydrogen) atoms. The summed E-state index contributed by atoms with van der Waals surface area (Å²) in [6, 6.07) is 0. The highest BCUT2D eigenvalue weighted by atomic mass is 16.6. The lowest BCUT2D eigenvalue weighted by molar-refractivity contribution is -0.389. The molecule has 0 atom stereocenters. The number of nitrogens with zero attached hydrogens (tertiary/aromatic N) is 4. The minimum Gasteiger partial charge on any atom is -0.398 e. The summed E-state index contributed by atoms with van der Waals surface area (Å²) in [5.41, 5.74) is 0. The van der Waals surface area contributed by atoms with Crippen molar-refractivity contribution in [3.8, 4) is 0 Å². The molecule has 0 aliphatic rings. The molecule has 7 heteroatoms. The molecule has 0 spiro atoms. The number of rotatable bonds is 3. The third kappa shape index (κ3) is 1.78. The van der Waals surface area contributed by atoms with E-state index < -0.39 is 4.92 Å². The Morgan fingerprint density at radius 2 is 2.67 bits per heavy atom. The van der Waals surface area contributed by atoms with E-state index in [2.05, 4.69) is 15.0 Å². The number of oxime groups is 1. The van der Waals surface area contributed by atoms with Crippen LogP contribution in [0.3, 0.4) is 0 Å². The molecule has 1 heterocycles. The number of hydrogen-bond acceptors (Lipinski definition) is 5. The minimum absolute atomic E-state index is 0.224. The van der Waals surface area contributed by atoms with Crippen LogP contribution < -0.4 is 0 Å². The van der Waals surface area contributed by atoms with Gasteiger partial charge in [0.1, 0.15) is 19.6 Å². The van der Waals surface area contributed by atoms with Gasteiger partial charge in [0.2, 0.25) is 6.33 Å². The lowest BCUT2D eigenvalue weighted by atomic mass is 10.8. The van der Waals surface area contributed by atoms with Gasteiger partial charge in [-0.2, -0.15) is 0 Å². The second-order valence-corrected chi connectivity index (χ2v) is 1.84. The van der Waals surface area contributed by atoms with Crippen LogP contribution in [0.15, 0.2) is 17.7 Å². The molecule has 0 fully saturated rings. The zero-order valence-electron chi connectivity index (χ0n) is 6.25. The van der Waals surface area contributed by atoms with Crippen LogP contribution in [-0.2, 0) is 4.84 Å². The van der Waals surface area contributed by atoms with Crippen LogP contribution >= 0.6 is 0 Å². The lowest BCUT2D eigenvalue weighted by Crippen LogP contribution is -1.91. The molecular formula is C5H6N4O3. The summed E-state index contributed by atoms with van der Waals surface area (Å²) >= 11 is 0. The first-order valence-corrected chi connectivity index (χ1v) is 2.98. The number of aromatic nitrogens is 2. The smallest absolute Gasteiger partial charge is 0.381 e. The SMILES string of the molecule is CO/N=C\n1cnc([N+](=O)[O-])c1. The molecule has 0 bridgehead atoms. The van der Waals surface area contributed by atoms with Crippen LogP contribution in [0.4, 0.5) is 5.82 Å². The molecule has 0 amide bonds. The van der Waals surface area contributed by atoms with Crippen molar-refractivity contribution in [2.24, 2.45) is 5.16 Å². The van der Waals surface area contributed by atoms with Gasteiger partial charge in [0.25, 0.3) is 0 Å². The van der Waals surface area contributed by atoms with Gasteiger partial charge in [-0.1, -0.05) is 5.16 Å². The van der Waals surface area contributed by atoms with E-state index in [1.807, 2.05) is 0 Å². The van der Waals surface area contributed by atoms with E-state index in [4.69, 9.17) is 0 Å². The van der Waals surface area contributed by atoms with Crippen LogP contribution in [0, 0.1) is 10.1 Å². The molecule has 0 aliphatic heterocycles. The van der Waals surface area contributed by atoms with Crippen molar-refractivity contribution in [3.63, 3.8) is 0 Å². The Labute approximate surface area is 67.4 Å². The number of hydrogen-bond donors (Lipinski definition) is 0. The van der Waals surface area contributed by atoms with E-state index in [0.29, 0.717) is 0 Å². The molecule has 0 aromatic carbocycles. The van der Waals surface area contributed by atoms with Crippen molar-refractivity contribution in [2.45, 2.75) is 0 Å². The largest absolute Gasteiger partial charge is 0.398 e. The van der Waals surface area contributed by atoms with E-state index in [-0.39, 0.29) is 5.82 Å². The van der Waals surface area contributed by atoms with Crippen LogP contribution in [0.1, 0.15) is 0 Å². The predicted molar refractivity (Wildman–Crippen MR) is 39.8 cm³/mol. The summed E-state index contributed by atoms with van der Waals surface area (Å²) in [5.74, 6) is -0.224. The van der Waals surface area contributed by atoms with Crippen LogP contribution in [-0.4, -0.2) is 27.9 Å². The van der Waals surface area contributed by atoms with Crippen LogP contribution in [0.2, 0.25) is 0 Å². The quantitative estimate of drug-likeness (QED) is 0.281. The first kappa shape index (κ1) is 8.18. The summed E-state index contributed by atoms with van der Waals surface area (Å²) in [6.45, 7) is 0. The fourth-order valence-electron chi connectivity index (χ4n) is 0.585. The van der Waals surface area contributed by atoms with Crippen molar-refractivity contribution in [3.05, 3.63) is 22.6 Å². The Morgan fingerprint density at radius 1 is 1.92 bits per heavy atom. The average molecular weight is 170 g/mol. The maximum absolute atomic E-state index is 10.1. The van der Waals surface area contributed by atoms with Gasteiger partial charge in [-0.05, 0) is 9.91 Å². The van der Waals surface area contributed by atoms with E-state index in [9.17, 15) is 10.1 Å². The van der Waals surface area contributed by atoms with Gasteiger partial charge in [0.05, 0.1) is 0 Å². The Balaban J connectivity index is 2.77. The van der Waals surface area contributed by atoms with Gasteiger partial charge >= 0.3 is 5.82 Å². The van der Waals surface area contributed by atoms with E-state index in [1.54, 1.807) is 0 Å². The summed E-state index contributed by atoms with van der Waals surface area (Å²) in [4.78, 5) is 17.4. The van der Waals surface area contributed by atoms with Crippen molar-refractivity contribution < 1.29 is 9.76 Å². The van der Waals surface area contributed by atoms with Gasteiger partial charge in [-0.15, -0.1) is 0 Å². The van der Waals surface area contributed by atoms with Gasteiger partial charge in [-0.3, -0.25) is 4.57 Å². The fraction of sp³-hybridized carbons (Fsp3) is 0.200. The Kier molecular flexibility index (Phi) is 2.36. The highest BCUT2D eigenvalue weighted by Gasteiger charge is 2.07. The monoisotopic (exact) mass is 170 g/mol. The lowest BCUT2D eigenvalue weighted by Gasteiger charge is -1.86. The Hall–Kier alpha value is -1.92. The number of imidazole rings is 1. The molecule has 0 saturated carbocycles. The molecule has 1 rings (SSSR count). The van der Waals surface area contributed by atoms with Crippen LogP contribution in [0.5, 0.6) is 0 Å². The molecule has 7 nitrogen and oxygen atoms in total. The maximum atomic E-state index is 10.1. The molecule has 64 valence electrons. The highest BCUT2D eigenvalue weighted by Crippen LogP contribution is 2.03. The summed E-state index contributed by atoms with van der Waals surface area (Å²) in [7, 11) is 1.38. The second kappa shape index (κ2) is 3.46. The topological polar surface area (TPSA) is 82.5 Å². The molecular weight excluding hydrogens is 164 g/mol. The zero-order valence-corrected chi connectivity index (χ0v) is 6.25. The van der Waals surface area contributed by atoms with Crippen molar-refractivity contribution >= 4 is 12.2 Å². The van der Waals surface area contributed by atoms with E-state index in [0.717, 1.165) is 0 Å². The fourth-order valence-corrected chi connectivity index (χ4v) is 0.585. The van der Waals surface area contributed by atoms with Crippen molar-refractivity contribution in [2.75, 3.05) is 7.11 Å². The standard InChI is InChI=1S/C5H6N4O3/c1-12-7-4-8-2-5(6-3-8)9(10)11/h2-4H,1H3/b7-4-. The zero-order chi connectivity index (χ0) is 8.97. The summed E-state index contributed by atoms with van der Waals surface area (Å²) in [6.07, 6.45) is 3.75. The average Bonchev–Trinajstić information content (AvgIpc) is 2.48. The molecule has 0 unspecified atom stereocenters. The van der Waals surface area contributed by atoms with E-state index in [1.165, 1.54) is 30.5 Å². The maximum Gasteiger partial charge on any atom is 0.381 e. The molecule has 1 aromatic rings. The third-order valence-corrected chi connectivity index (χ3v) is 1.06. The summed E-state index contributed by atoms with van der Waals surface area (Å²) in [5, 5.41) is 13.5. The first-order valence-electron chi connectivity index (χ1n) is 2.98. The third-order valence-electron chi connectivity index (χ3n) is 1.06. The molecule has 0 radical (unpaired) electrons. The van der Waals surface area contributed by atoms with Gasteiger partial charge in [0, 0.05) is 0 Å². The summed E-state index contributed by atoms with van der Waals surface area (Å²) < 4.78 is 1.32. The molecule has 1 aromatic heterocycles. The normalized spacial score (nSPS) is 10.4. The predicted octanol–water partition coefficient (Wildman–Crippen LogP) is 0.229. The highest BCUT2D eigenvalue weighted by molar-refractivity contribution is 5.57. The Bertz CT molecular complexity index is 305. The second-order valence-electron chi connectivity index (χ2n) is 1.84. The Morgan fingerprint density at radius 3 is 3.17 bits per heavy atom. The molecule has 0 saturated heterocycles. The van der Waals surface area contributed by atoms with Crippen molar-refractivity contribution in [1.82, 2.24) is 9.55 Å². The van der Waals surface area contributed by atoms with E-state index >= 15 is 0 Å². The van der Waals surface area contributed by atoms with Gasteiger partial charge in [-0.25, -0.2) is 0 Å². The first-order chi connectivity index (χ1) is 5.74.